The Hall–Kier alpha value is -3.61. The Labute approximate surface area is 192 Å². The lowest BCUT2D eigenvalue weighted by atomic mass is 9.79. The van der Waals surface area contributed by atoms with Crippen LogP contribution in [0.2, 0.25) is 0 Å². The molecule has 0 unspecified atom stereocenters. The first-order chi connectivity index (χ1) is 16.0. The number of nitrogens with one attached hydrogen (secondary N) is 1. The summed E-state index contributed by atoms with van der Waals surface area (Å²) in [7, 11) is 0. The van der Waals surface area contributed by atoms with E-state index in [-0.39, 0.29) is 30.4 Å². The Balaban J connectivity index is 1.10. The molecule has 7 nitrogen and oxygen atoms in total. The minimum absolute atomic E-state index is 0.0155. The lowest BCUT2D eigenvalue weighted by Crippen LogP contribution is -2.51. The van der Waals surface area contributed by atoms with Gasteiger partial charge in [0.2, 0.25) is 5.91 Å². The van der Waals surface area contributed by atoms with Crippen molar-refractivity contribution in [2.45, 2.75) is 31.2 Å². The van der Waals surface area contributed by atoms with Gasteiger partial charge >= 0.3 is 12.1 Å². The number of carboxylic acids is 1. The lowest BCUT2D eigenvalue weighted by molar-refractivity contribution is -0.139. The molecule has 5 rings (SSSR count). The van der Waals surface area contributed by atoms with E-state index in [0.29, 0.717) is 37.9 Å². The molecule has 1 saturated carbocycles. The van der Waals surface area contributed by atoms with E-state index in [1.165, 1.54) is 22.3 Å². The van der Waals surface area contributed by atoms with Crippen molar-refractivity contribution in [3.63, 3.8) is 0 Å². The standard InChI is InChI=1S/C26H26N2O5/c29-24(28-11-9-16(10-12-28)25(30)31)17-13-18(14-17)27-26(32)33-15-23-21-7-3-1-5-19(21)20-6-2-4-8-22(20)23/h1-9,17-18,23H,10-15H2,(H,27,32)(H,30,31). The molecule has 0 aromatic heterocycles. The zero-order valence-corrected chi connectivity index (χ0v) is 18.2. The van der Waals surface area contributed by atoms with Crippen LogP contribution in [0.3, 0.4) is 0 Å². The van der Waals surface area contributed by atoms with Gasteiger partial charge < -0.3 is 20.1 Å². The fraction of sp³-hybridized carbons (Fsp3) is 0.346. The van der Waals surface area contributed by atoms with E-state index in [2.05, 4.69) is 29.6 Å². The maximum absolute atomic E-state index is 12.6. The number of fused-ring (bicyclic) bond motifs is 3. The molecule has 0 atom stereocenters. The second kappa shape index (κ2) is 8.73. The van der Waals surface area contributed by atoms with Crippen LogP contribution in [0.5, 0.6) is 0 Å². The summed E-state index contributed by atoms with van der Waals surface area (Å²) in [5.41, 5.74) is 5.07. The van der Waals surface area contributed by atoms with Crippen LogP contribution in [0.4, 0.5) is 4.79 Å². The van der Waals surface area contributed by atoms with Gasteiger partial charge in [-0.05, 0) is 41.5 Å². The quantitative estimate of drug-likeness (QED) is 0.732. The summed E-state index contributed by atoms with van der Waals surface area (Å²) in [6.45, 7) is 1.03. The number of hydrogen-bond acceptors (Lipinski definition) is 4. The Morgan fingerprint density at radius 2 is 1.64 bits per heavy atom. The second-order valence-electron chi connectivity index (χ2n) is 8.90. The zero-order chi connectivity index (χ0) is 22.9. The van der Waals surface area contributed by atoms with E-state index >= 15 is 0 Å². The largest absolute Gasteiger partial charge is 0.478 e. The number of nitrogens with zero attached hydrogens (tertiary/aromatic N) is 1. The minimum Gasteiger partial charge on any atom is -0.478 e. The molecular weight excluding hydrogens is 420 g/mol. The fourth-order valence-corrected chi connectivity index (χ4v) is 5.07. The zero-order valence-electron chi connectivity index (χ0n) is 18.2. The predicted molar refractivity (Wildman–Crippen MR) is 122 cm³/mol. The second-order valence-corrected chi connectivity index (χ2v) is 8.90. The van der Waals surface area contributed by atoms with Crippen LogP contribution in [0.1, 0.15) is 36.3 Å². The molecule has 3 aliphatic rings. The van der Waals surface area contributed by atoms with Gasteiger partial charge in [0.05, 0.1) is 0 Å². The molecule has 33 heavy (non-hydrogen) atoms. The maximum atomic E-state index is 12.6. The van der Waals surface area contributed by atoms with Gasteiger partial charge in [0.15, 0.2) is 0 Å². The van der Waals surface area contributed by atoms with Gasteiger partial charge in [-0.1, -0.05) is 54.6 Å². The van der Waals surface area contributed by atoms with Crippen LogP contribution in [0, 0.1) is 5.92 Å². The Bertz CT molecular complexity index is 1090. The van der Waals surface area contributed by atoms with E-state index in [9.17, 15) is 14.4 Å². The third-order valence-corrected chi connectivity index (χ3v) is 6.95. The van der Waals surface area contributed by atoms with Crippen LogP contribution < -0.4 is 5.32 Å². The molecule has 2 amide bonds. The van der Waals surface area contributed by atoms with Crippen molar-refractivity contribution in [3.05, 3.63) is 71.3 Å². The molecule has 7 heteroatoms. The Morgan fingerprint density at radius 1 is 1.00 bits per heavy atom. The van der Waals surface area contributed by atoms with Gasteiger partial charge in [0.25, 0.3) is 0 Å². The molecule has 0 saturated heterocycles. The lowest BCUT2D eigenvalue weighted by Gasteiger charge is -2.38. The SMILES string of the molecule is O=C(NC1CC(C(=O)N2CC=C(C(=O)O)CC2)C1)OCC1c2ccccc2-c2ccccc21. The summed E-state index contributed by atoms with van der Waals surface area (Å²) in [5.74, 6) is -1.01. The molecule has 170 valence electrons. The third kappa shape index (κ3) is 4.11. The molecule has 1 heterocycles. The first-order valence-corrected chi connectivity index (χ1v) is 11.3. The maximum Gasteiger partial charge on any atom is 0.407 e. The van der Waals surface area contributed by atoms with E-state index in [0.717, 1.165) is 0 Å². The van der Waals surface area contributed by atoms with Gasteiger partial charge in [0, 0.05) is 36.5 Å². The van der Waals surface area contributed by atoms with E-state index < -0.39 is 12.1 Å². The monoisotopic (exact) mass is 446 g/mol. The van der Waals surface area contributed by atoms with Crippen molar-refractivity contribution in [2.75, 3.05) is 19.7 Å². The molecule has 1 aliphatic heterocycles. The van der Waals surface area contributed by atoms with Crippen molar-refractivity contribution in [1.82, 2.24) is 10.2 Å². The van der Waals surface area contributed by atoms with Crippen molar-refractivity contribution in [3.8, 4) is 11.1 Å². The van der Waals surface area contributed by atoms with E-state index in [4.69, 9.17) is 9.84 Å². The Kier molecular flexibility index (Phi) is 5.62. The number of amides is 2. The van der Waals surface area contributed by atoms with Crippen LogP contribution >= 0.6 is 0 Å². The van der Waals surface area contributed by atoms with Gasteiger partial charge in [-0.3, -0.25) is 4.79 Å². The van der Waals surface area contributed by atoms with Crippen molar-refractivity contribution >= 4 is 18.0 Å². The molecule has 0 bridgehead atoms. The summed E-state index contributed by atoms with van der Waals surface area (Å²) in [5, 5.41) is 11.9. The van der Waals surface area contributed by atoms with Crippen LogP contribution in [-0.4, -0.2) is 53.7 Å². The molecule has 2 N–H and O–H groups in total. The molecule has 2 aromatic rings. The van der Waals surface area contributed by atoms with Crippen LogP contribution in [0.25, 0.3) is 11.1 Å². The predicted octanol–water partition coefficient (Wildman–Crippen LogP) is 3.55. The summed E-state index contributed by atoms with van der Waals surface area (Å²) >= 11 is 0. The molecule has 2 aliphatic carbocycles. The van der Waals surface area contributed by atoms with Gasteiger partial charge in [0.1, 0.15) is 6.61 Å². The van der Waals surface area contributed by atoms with Gasteiger partial charge in [-0.2, -0.15) is 0 Å². The molecule has 1 fully saturated rings. The highest BCUT2D eigenvalue weighted by Crippen LogP contribution is 2.44. The number of aliphatic carboxylic acids is 1. The summed E-state index contributed by atoms with van der Waals surface area (Å²) < 4.78 is 5.58. The Morgan fingerprint density at radius 3 is 2.21 bits per heavy atom. The number of ether oxygens (including phenoxy) is 1. The number of carbonyl (C=O) groups is 3. The molecule has 0 radical (unpaired) electrons. The number of carboxylic acid groups (broad SMARTS) is 1. The van der Waals surface area contributed by atoms with Crippen LogP contribution in [-0.2, 0) is 14.3 Å². The van der Waals surface area contributed by atoms with Gasteiger partial charge in [-0.15, -0.1) is 0 Å². The first-order valence-electron chi connectivity index (χ1n) is 11.3. The molecule has 0 spiro atoms. The average molecular weight is 447 g/mol. The minimum atomic E-state index is -0.918. The first kappa shape index (κ1) is 21.2. The van der Waals surface area contributed by atoms with Crippen molar-refractivity contribution in [1.29, 1.82) is 0 Å². The van der Waals surface area contributed by atoms with Crippen LogP contribution in [0.15, 0.2) is 60.2 Å². The summed E-state index contributed by atoms with van der Waals surface area (Å²) in [6.07, 6.45) is 2.67. The highest BCUT2D eigenvalue weighted by molar-refractivity contribution is 5.88. The average Bonchev–Trinajstić information content (AvgIpc) is 3.13. The smallest absolute Gasteiger partial charge is 0.407 e. The highest BCUT2D eigenvalue weighted by atomic mass is 16.5. The fourth-order valence-electron chi connectivity index (χ4n) is 5.07. The highest BCUT2D eigenvalue weighted by Gasteiger charge is 2.38. The third-order valence-electron chi connectivity index (χ3n) is 6.95. The summed E-state index contributed by atoms with van der Waals surface area (Å²) in [6, 6.07) is 16.3. The van der Waals surface area contributed by atoms with E-state index in [1.807, 2.05) is 24.3 Å². The number of benzene rings is 2. The topological polar surface area (TPSA) is 95.9 Å². The van der Waals surface area contributed by atoms with Gasteiger partial charge in [-0.25, -0.2) is 9.59 Å². The number of carbonyl (C=O) groups excluding carboxylic acids is 2. The molecular formula is C26H26N2O5. The number of hydrogen-bond donors (Lipinski definition) is 2. The van der Waals surface area contributed by atoms with Crippen molar-refractivity contribution in [2.24, 2.45) is 5.92 Å². The van der Waals surface area contributed by atoms with Crippen molar-refractivity contribution < 1.29 is 24.2 Å². The number of rotatable bonds is 5. The normalized spacial score (nSPS) is 21.3. The van der Waals surface area contributed by atoms with E-state index in [1.54, 1.807) is 11.0 Å². The number of alkyl carbamates (subject to hydrolysis) is 1. The summed E-state index contributed by atoms with van der Waals surface area (Å²) in [4.78, 5) is 37.7. The molecule has 2 aromatic carbocycles.